The van der Waals surface area contributed by atoms with Gasteiger partial charge in [0.05, 0.1) is 22.3 Å². The Balaban J connectivity index is 1.29. The Morgan fingerprint density at radius 3 is 2.50 bits per heavy atom. The van der Waals surface area contributed by atoms with Crippen LogP contribution in [0.15, 0.2) is 91.3 Å². The maximum Gasteiger partial charge on any atom is 0.336 e. The molecule has 38 heavy (non-hydrogen) atoms. The van der Waals surface area contributed by atoms with Crippen LogP contribution in [0.2, 0.25) is 0 Å². The van der Waals surface area contributed by atoms with E-state index < -0.39 is 5.97 Å². The van der Waals surface area contributed by atoms with Gasteiger partial charge in [0.2, 0.25) is 0 Å². The van der Waals surface area contributed by atoms with Crippen LogP contribution in [-0.4, -0.2) is 30.0 Å². The van der Waals surface area contributed by atoms with E-state index in [1.807, 2.05) is 53.1 Å². The Labute approximate surface area is 219 Å². The predicted octanol–water partition coefficient (Wildman–Crippen LogP) is 6.95. The molecule has 6 nitrogen and oxygen atoms in total. The summed E-state index contributed by atoms with van der Waals surface area (Å²) in [4.78, 5) is 21.7. The van der Waals surface area contributed by atoms with Crippen molar-refractivity contribution < 1.29 is 9.90 Å². The summed E-state index contributed by atoms with van der Waals surface area (Å²) in [5, 5.41) is 9.59. The Hall–Kier alpha value is -4.71. The Bertz CT molecular complexity index is 1810. The third-order valence-electron chi connectivity index (χ3n) is 7.44. The summed E-state index contributed by atoms with van der Waals surface area (Å²) in [6.07, 6.45) is 6.44. The molecule has 7 rings (SSSR count). The van der Waals surface area contributed by atoms with E-state index in [9.17, 15) is 9.90 Å². The smallest absolute Gasteiger partial charge is 0.336 e. The average Bonchev–Trinajstić information content (AvgIpc) is 3.58. The van der Waals surface area contributed by atoms with Gasteiger partial charge in [0.15, 0.2) is 0 Å². The molecule has 1 aliphatic rings. The van der Waals surface area contributed by atoms with Gasteiger partial charge in [-0.25, -0.2) is 14.8 Å². The zero-order valence-electron chi connectivity index (χ0n) is 21.0. The van der Waals surface area contributed by atoms with Crippen molar-refractivity contribution in [2.45, 2.75) is 32.2 Å². The lowest BCUT2D eigenvalue weighted by Crippen LogP contribution is -2.04. The van der Waals surface area contributed by atoms with Gasteiger partial charge >= 0.3 is 5.97 Å². The molecule has 0 saturated heterocycles. The predicted molar refractivity (Wildman–Crippen MR) is 149 cm³/mol. The van der Waals surface area contributed by atoms with Gasteiger partial charge < -0.3 is 14.1 Å². The Morgan fingerprint density at radius 2 is 1.74 bits per heavy atom. The van der Waals surface area contributed by atoms with Crippen molar-refractivity contribution in [1.82, 2.24) is 18.9 Å². The summed E-state index contributed by atoms with van der Waals surface area (Å²) in [6.45, 7) is 2.83. The molecule has 0 spiro atoms. The highest BCUT2D eigenvalue weighted by Gasteiger charge is 2.30. The minimum Gasteiger partial charge on any atom is -0.478 e. The van der Waals surface area contributed by atoms with Gasteiger partial charge in [-0.15, -0.1) is 0 Å². The van der Waals surface area contributed by atoms with Gasteiger partial charge in [0.25, 0.3) is 0 Å². The number of benzene rings is 3. The number of imidazole rings is 2. The summed E-state index contributed by atoms with van der Waals surface area (Å²) in [5.41, 5.74) is 9.37. The standard InChI is InChI=1S/C32H26N4O2/c1-20-16-24(27-19-35-15-5-4-8-29(35)33-27)17-28-30(20)34-31(23-13-14-23)36(28)18-21-9-11-22(12-10-21)25-6-2-3-7-26(25)32(37)38/h2-12,15-17,19,23H,13-14,18H2,1H3,(H,37,38). The van der Waals surface area contributed by atoms with Gasteiger partial charge in [-0.2, -0.15) is 0 Å². The summed E-state index contributed by atoms with van der Waals surface area (Å²) >= 11 is 0. The van der Waals surface area contributed by atoms with Crippen LogP contribution in [0.4, 0.5) is 0 Å². The fourth-order valence-corrected chi connectivity index (χ4v) is 5.35. The van der Waals surface area contributed by atoms with Crippen LogP contribution in [0.3, 0.4) is 0 Å². The molecule has 3 aromatic heterocycles. The number of nitrogens with zero attached hydrogens (tertiary/aromatic N) is 4. The minimum atomic E-state index is -0.916. The zero-order chi connectivity index (χ0) is 25.8. The van der Waals surface area contributed by atoms with E-state index in [4.69, 9.17) is 9.97 Å². The maximum atomic E-state index is 11.7. The van der Waals surface area contributed by atoms with Crippen LogP contribution in [0.25, 0.3) is 39.1 Å². The molecule has 0 unspecified atom stereocenters. The van der Waals surface area contributed by atoms with Gasteiger partial charge in [-0.05, 0) is 72.4 Å². The number of aromatic carboxylic acids is 1. The average molecular weight is 499 g/mol. The van der Waals surface area contributed by atoms with Crippen molar-refractivity contribution in [2.75, 3.05) is 0 Å². The lowest BCUT2D eigenvalue weighted by molar-refractivity contribution is 0.0697. The number of aromatic nitrogens is 4. The molecule has 3 aromatic carbocycles. The van der Waals surface area contributed by atoms with Gasteiger partial charge in [-0.1, -0.05) is 48.5 Å². The highest BCUT2D eigenvalue weighted by Crippen LogP contribution is 2.42. The molecule has 186 valence electrons. The normalized spacial score (nSPS) is 13.4. The molecule has 0 amide bonds. The van der Waals surface area contributed by atoms with Crippen LogP contribution >= 0.6 is 0 Å². The summed E-state index contributed by atoms with van der Waals surface area (Å²) in [5.74, 6) is 0.734. The van der Waals surface area contributed by atoms with Crippen LogP contribution < -0.4 is 0 Å². The second kappa shape index (κ2) is 8.70. The molecule has 0 radical (unpaired) electrons. The first-order chi connectivity index (χ1) is 18.5. The highest BCUT2D eigenvalue weighted by atomic mass is 16.4. The number of carboxylic acids is 1. The maximum absolute atomic E-state index is 11.7. The van der Waals surface area contributed by atoms with Crippen LogP contribution in [0.1, 0.15) is 46.1 Å². The lowest BCUT2D eigenvalue weighted by Gasteiger charge is -2.12. The summed E-state index contributed by atoms with van der Waals surface area (Å²) < 4.78 is 4.41. The number of aryl methyl sites for hydroxylation is 1. The van der Waals surface area contributed by atoms with Crippen LogP contribution in [-0.2, 0) is 6.54 Å². The van der Waals surface area contributed by atoms with Crippen molar-refractivity contribution >= 4 is 22.6 Å². The van der Waals surface area contributed by atoms with E-state index >= 15 is 0 Å². The van der Waals surface area contributed by atoms with E-state index in [0.717, 1.165) is 56.0 Å². The lowest BCUT2D eigenvalue weighted by atomic mass is 9.98. The number of pyridine rings is 1. The molecule has 6 heteroatoms. The van der Waals surface area contributed by atoms with E-state index in [0.29, 0.717) is 18.0 Å². The zero-order valence-corrected chi connectivity index (χ0v) is 21.0. The molecule has 0 atom stereocenters. The number of hydrogen-bond acceptors (Lipinski definition) is 3. The first-order valence-electron chi connectivity index (χ1n) is 12.9. The van der Waals surface area contributed by atoms with Crippen molar-refractivity contribution in [3.63, 3.8) is 0 Å². The van der Waals surface area contributed by atoms with E-state index in [1.54, 1.807) is 12.1 Å². The molecule has 0 bridgehead atoms. The van der Waals surface area contributed by atoms with Crippen molar-refractivity contribution in [2.24, 2.45) is 0 Å². The largest absolute Gasteiger partial charge is 0.478 e. The third kappa shape index (κ3) is 3.86. The van der Waals surface area contributed by atoms with Gasteiger partial charge in [0, 0.05) is 30.4 Å². The highest BCUT2D eigenvalue weighted by molar-refractivity contribution is 5.96. The molecule has 1 fully saturated rings. The molecule has 3 heterocycles. The topological polar surface area (TPSA) is 72.4 Å². The van der Waals surface area contributed by atoms with E-state index in [-0.39, 0.29) is 0 Å². The first-order valence-corrected chi connectivity index (χ1v) is 12.9. The second-order valence-corrected chi connectivity index (χ2v) is 10.1. The van der Waals surface area contributed by atoms with Gasteiger partial charge in [-0.3, -0.25) is 0 Å². The summed E-state index contributed by atoms with van der Waals surface area (Å²) in [7, 11) is 0. The van der Waals surface area contributed by atoms with Crippen LogP contribution in [0.5, 0.6) is 0 Å². The number of fused-ring (bicyclic) bond motifs is 2. The number of carboxylic acid groups (broad SMARTS) is 1. The number of rotatable bonds is 6. The fraction of sp³-hybridized carbons (Fsp3) is 0.156. The second-order valence-electron chi connectivity index (χ2n) is 10.1. The molecular weight excluding hydrogens is 472 g/mol. The first kappa shape index (κ1) is 22.5. The molecule has 6 aromatic rings. The quantitative estimate of drug-likeness (QED) is 0.270. The Kier molecular flexibility index (Phi) is 5.15. The molecule has 0 aliphatic heterocycles. The molecular formula is C32H26N4O2. The molecule has 1 N–H and O–H groups in total. The monoisotopic (exact) mass is 498 g/mol. The van der Waals surface area contributed by atoms with Crippen molar-refractivity contribution in [1.29, 1.82) is 0 Å². The molecule has 1 saturated carbocycles. The minimum absolute atomic E-state index is 0.312. The van der Waals surface area contributed by atoms with E-state index in [2.05, 4.69) is 42.0 Å². The van der Waals surface area contributed by atoms with E-state index in [1.165, 1.54) is 12.8 Å². The van der Waals surface area contributed by atoms with Crippen molar-refractivity contribution in [3.05, 3.63) is 114 Å². The SMILES string of the molecule is Cc1cc(-c2cn3ccccc3n2)cc2c1nc(C1CC1)n2Cc1ccc(-c2ccccc2C(=O)O)cc1. The van der Waals surface area contributed by atoms with Crippen LogP contribution in [0, 0.1) is 6.92 Å². The third-order valence-corrected chi connectivity index (χ3v) is 7.44. The van der Waals surface area contributed by atoms with Gasteiger partial charge in [0.1, 0.15) is 11.5 Å². The molecule has 1 aliphatic carbocycles. The fourth-order valence-electron chi connectivity index (χ4n) is 5.35. The summed E-state index contributed by atoms with van der Waals surface area (Å²) in [6, 6.07) is 25.8. The van der Waals surface area contributed by atoms with Crippen molar-refractivity contribution in [3.8, 4) is 22.4 Å². The number of hydrogen-bond donors (Lipinski definition) is 1. The number of carbonyl (C=O) groups is 1. The Morgan fingerprint density at radius 1 is 0.947 bits per heavy atom.